The third kappa shape index (κ3) is 2.85. The summed E-state index contributed by atoms with van der Waals surface area (Å²) in [6.07, 6.45) is -5.10. The first kappa shape index (κ1) is 12.8. The van der Waals surface area contributed by atoms with Crippen LogP contribution in [-0.2, 0) is 4.74 Å². The smallest absolute Gasteiger partial charge is 0.124 e. The van der Waals surface area contributed by atoms with E-state index in [0.717, 1.165) is 0 Å². The number of hydrogen-bond donors (Lipinski definition) is 6. The zero-order valence-corrected chi connectivity index (χ0v) is 8.45. The predicted octanol–water partition coefficient (Wildman–Crippen LogP) is -3.32. The van der Waals surface area contributed by atoms with Crippen LogP contribution in [0.25, 0.3) is 0 Å². The molecule has 1 fully saturated rings. The Morgan fingerprint density at radius 3 is 2.47 bits per heavy atom. The Labute approximate surface area is 87.5 Å². The first-order valence-electron chi connectivity index (χ1n) is 4.79. The van der Waals surface area contributed by atoms with Gasteiger partial charge in [0, 0.05) is 0 Å². The van der Waals surface area contributed by atoms with Gasteiger partial charge in [-0.15, -0.1) is 0 Å². The second kappa shape index (κ2) is 5.17. The topological polar surface area (TPSA) is 128 Å². The molecule has 0 aromatic carbocycles. The van der Waals surface area contributed by atoms with E-state index >= 15 is 0 Å². The number of nitrogens with two attached hydrogens (primary N) is 1. The largest absolute Gasteiger partial charge is 0.394 e. The molecule has 0 aromatic heterocycles. The monoisotopic (exact) mass is 222 g/mol. The van der Waals surface area contributed by atoms with Gasteiger partial charge in [-0.1, -0.05) is 0 Å². The second-order valence-electron chi connectivity index (χ2n) is 3.67. The SMILES string of the molecule is CC(O)N[C@@H]1[C@@H](O)[C@H](O)[C@@H](CO)O[C@H]1N. The molecule has 0 aliphatic carbocycles. The Kier molecular flexibility index (Phi) is 4.41. The van der Waals surface area contributed by atoms with Crippen LogP contribution in [0.4, 0.5) is 0 Å². The van der Waals surface area contributed by atoms with Crippen molar-refractivity contribution in [3.05, 3.63) is 0 Å². The number of ether oxygens (including phenoxy) is 1. The molecule has 1 heterocycles. The highest BCUT2D eigenvalue weighted by atomic mass is 16.5. The lowest BCUT2D eigenvalue weighted by molar-refractivity contribution is -0.197. The molecule has 1 saturated heterocycles. The van der Waals surface area contributed by atoms with E-state index in [0.29, 0.717) is 0 Å². The highest BCUT2D eigenvalue weighted by molar-refractivity contribution is 4.94. The van der Waals surface area contributed by atoms with Gasteiger partial charge in [-0.05, 0) is 6.92 Å². The van der Waals surface area contributed by atoms with Crippen LogP contribution in [0.2, 0.25) is 0 Å². The highest BCUT2D eigenvalue weighted by Crippen LogP contribution is 2.18. The van der Waals surface area contributed by atoms with Crippen molar-refractivity contribution in [2.24, 2.45) is 5.73 Å². The van der Waals surface area contributed by atoms with Gasteiger partial charge >= 0.3 is 0 Å². The Morgan fingerprint density at radius 2 is 2.00 bits per heavy atom. The van der Waals surface area contributed by atoms with Crippen molar-refractivity contribution in [3.8, 4) is 0 Å². The van der Waals surface area contributed by atoms with Crippen LogP contribution in [0.15, 0.2) is 0 Å². The van der Waals surface area contributed by atoms with Gasteiger partial charge in [0.05, 0.1) is 12.6 Å². The van der Waals surface area contributed by atoms with Gasteiger partial charge in [-0.25, -0.2) is 0 Å². The fraction of sp³-hybridized carbons (Fsp3) is 1.00. The summed E-state index contributed by atoms with van der Waals surface area (Å²) >= 11 is 0. The molecule has 0 bridgehead atoms. The van der Waals surface area contributed by atoms with E-state index < -0.39 is 43.4 Å². The average Bonchev–Trinajstić information content (AvgIpc) is 2.18. The molecule has 7 N–H and O–H groups in total. The summed E-state index contributed by atoms with van der Waals surface area (Å²) in [7, 11) is 0. The first-order valence-corrected chi connectivity index (χ1v) is 4.79. The van der Waals surface area contributed by atoms with E-state index in [2.05, 4.69) is 5.32 Å². The van der Waals surface area contributed by atoms with Crippen molar-refractivity contribution in [2.75, 3.05) is 6.61 Å². The van der Waals surface area contributed by atoms with E-state index in [4.69, 9.17) is 20.7 Å². The van der Waals surface area contributed by atoms with E-state index in [-0.39, 0.29) is 0 Å². The predicted molar refractivity (Wildman–Crippen MR) is 50.6 cm³/mol. The molecular formula is C8H18N2O5. The molecule has 90 valence electrons. The lowest BCUT2D eigenvalue weighted by Gasteiger charge is -2.41. The van der Waals surface area contributed by atoms with Crippen molar-refractivity contribution in [1.82, 2.24) is 5.32 Å². The Bertz CT molecular complexity index is 203. The van der Waals surface area contributed by atoms with E-state index in [1.54, 1.807) is 0 Å². The zero-order valence-electron chi connectivity index (χ0n) is 8.45. The maximum Gasteiger partial charge on any atom is 0.124 e. The fourth-order valence-corrected chi connectivity index (χ4v) is 1.62. The number of rotatable bonds is 3. The number of aliphatic hydroxyl groups excluding tert-OH is 4. The molecule has 1 rings (SSSR count). The van der Waals surface area contributed by atoms with Crippen molar-refractivity contribution >= 4 is 0 Å². The van der Waals surface area contributed by atoms with Crippen molar-refractivity contribution in [3.63, 3.8) is 0 Å². The molecule has 7 heteroatoms. The van der Waals surface area contributed by atoms with Crippen LogP contribution < -0.4 is 11.1 Å². The van der Waals surface area contributed by atoms with Crippen LogP contribution in [0.3, 0.4) is 0 Å². The van der Waals surface area contributed by atoms with Crippen LogP contribution >= 0.6 is 0 Å². The molecule has 1 aliphatic heterocycles. The zero-order chi connectivity index (χ0) is 11.6. The van der Waals surface area contributed by atoms with Gasteiger partial charge in [0.1, 0.15) is 30.8 Å². The summed E-state index contributed by atoms with van der Waals surface area (Å²) in [4.78, 5) is 0. The number of hydrogen-bond acceptors (Lipinski definition) is 7. The minimum atomic E-state index is -1.23. The third-order valence-electron chi connectivity index (χ3n) is 2.40. The lowest BCUT2D eigenvalue weighted by atomic mass is 9.96. The van der Waals surface area contributed by atoms with Gasteiger partial charge in [0.15, 0.2) is 0 Å². The molecule has 0 radical (unpaired) electrons. The maximum absolute atomic E-state index is 9.66. The quantitative estimate of drug-likeness (QED) is 0.276. The molecule has 0 spiro atoms. The molecule has 1 aliphatic rings. The van der Waals surface area contributed by atoms with Crippen LogP contribution in [0.5, 0.6) is 0 Å². The van der Waals surface area contributed by atoms with E-state index in [1.807, 2.05) is 0 Å². The van der Waals surface area contributed by atoms with Gasteiger partial charge in [-0.3, -0.25) is 5.32 Å². The summed E-state index contributed by atoms with van der Waals surface area (Å²) in [5.74, 6) is 0. The standard InChI is InChI=1S/C8H18N2O5/c1-3(12)10-5-7(14)6(13)4(2-11)15-8(5)9/h3-8,10-14H,2,9H2,1H3/t3?,4-,5-,6-,7-,8-/m1/s1. The normalized spacial score (nSPS) is 44.0. The van der Waals surface area contributed by atoms with Gasteiger partial charge < -0.3 is 30.9 Å². The van der Waals surface area contributed by atoms with Gasteiger partial charge in [0.2, 0.25) is 0 Å². The minimum Gasteiger partial charge on any atom is -0.394 e. The molecular weight excluding hydrogens is 204 g/mol. The Morgan fingerprint density at radius 1 is 1.40 bits per heavy atom. The van der Waals surface area contributed by atoms with Gasteiger partial charge in [-0.2, -0.15) is 0 Å². The second-order valence-corrected chi connectivity index (χ2v) is 3.67. The number of nitrogens with one attached hydrogen (secondary N) is 1. The Balaban J connectivity index is 2.66. The lowest BCUT2D eigenvalue weighted by Crippen LogP contribution is -2.66. The molecule has 0 amide bonds. The molecule has 1 unspecified atom stereocenters. The minimum absolute atomic E-state index is 0.423. The van der Waals surface area contributed by atoms with Crippen molar-refractivity contribution in [2.45, 2.75) is 43.7 Å². The summed E-state index contributed by atoms with van der Waals surface area (Å²) in [6, 6.07) is -0.775. The van der Waals surface area contributed by atoms with Crippen LogP contribution in [0.1, 0.15) is 6.92 Å². The van der Waals surface area contributed by atoms with Crippen LogP contribution in [-0.4, -0.2) is 63.8 Å². The Hall–Kier alpha value is -0.280. The molecule has 0 aromatic rings. The molecule has 7 nitrogen and oxygen atoms in total. The van der Waals surface area contributed by atoms with Gasteiger partial charge in [0.25, 0.3) is 0 Å². The van der Waals surface area contributed by atoms with E-state index in [9.17, 15) is 10.2 Å². The molecule has 6 atom stereocenters. The summed E-state index contributed by atoms with van der Waals surface area (Å²) < 4.78 is 5.08. The fourth-order valence-electron chi connectivity index (χ4n) is 1.62. The maximum atomic E-state index is 9.66. The first-order chi connectivity index (χ1) is 6.97. The average molecular weight is 222 g/mol. The summed E-state index contributed by atoms with van der Waals surface area (Å²) in [5.41, 5.74) is 5.57. The molecule has 0 saturated carbocycles. The van der Waals surface area contributed by atoms with Crippen molar-refractivity contribution in [1.29, 1.82) is 0 Å². The van der Waals surface area contributed by atoms with E-state index in [1.165, 1.54) is 6.92 Å². The molecule has 15 heavy (non-hydrogen) atoms. The number of aliphatic hydroxyl groups is 4. The third-order valence-corrected chi connectivity index (χ3v) is 2.40. The van der Waals surface area contributed by atoms with Crippen LogP contribution in [0, 0.1) is 0 Å². The highest BCUT2D eigenvalue weighted by Gasteiger charge is 2.42. The summed E-state index contributed by atoms with van der Waals surface area (Å²) in [5, 5.41) is 39.7. The summed E-state index contributed by atoms with van der Waals surface area (Å²) in [6.45, 7) is 1.04. The van der Waals surface area contributed by atoms with Crippen molar-refractivity contribution < 1.29 is 25.2 Å².